The number of hydrogen-bond acceptors (Lipinski definition) is 5. The number of benzene rings is 1. The van der Waals surface area contributed by atoms with E-state index in [1.54, 1.807) is 13.0 Å². The Balaban J connectivity index is 1.81. The summed E-state index contributed by atoms with van der Waals surface area (Å²) >= 11 is 1.46. The summed E-state index contributed by atoms with van der Waals surface area (Å²) in [4.78, 5) is 18.0. The fourth-order valence-electron chi connectivity index (χ4n) is 2.65. The van der Waals surface area contributed by atoms with Gasteiger partial charge in [-0.3, -0.25) is 4.79 Å². The number of anilines is 1. The lowest BCUT2D eigenvalue weighted by atomic mass is 10.1. The molecule has 0 fully saturated rings. The van der Waals surface area contributed by atoms with Crippen LogP contribution in [-0.4, -0.2) is 16.0 Å². The van der Waals surface area contributed by atoms with Crippen LogP contribution in [0, 0.1) is 18.6 Å². The molecule has 0 aliphatic heterocycles. The third kappa shape index (κ3) is 2.95. The normalized spacial score (nSPS) is 11.0. The minimum absolute atomic E-state index is 0.0178. The molecule has 8 heteroatoms. The van der Waals surface area contributed by atoms with E-state index in [0.29, 0.717) is 16.8 Å². The maximum Gasteiger partial charge on any atom is 0.259 e. The Bertz CT molecular complexity index is 1100. The summed E-state index contributed by atoms with van der Waals surface area (Å²) in [6.45, 7) is 1.69. The number of nitrogens with one attached hydrogen (secondary N) is 1. The monoisotopic (exact) mass is 371 g/mol. The largest absolute Gasteiger partial charge is 0.335 e. The summed E-state index contributed by atoms with van der Waals surface area (Å²) in [6.07, 6.45) is 0. The van der Waals surface area contributed by atoms with Gasteiger partial charge in [-0.2, -0.15) is 0 Å². The Kier molecular flexibility index (Phi) is 3.96. The van der Waals surface area contributed by atoms with E-state index in [0.717, 1.165) is 23.1 Å². The van der Waals surface area contributed by atoms with Crippen LogP contribution in [0.5, 0.6) is 0 Å². The van der Waals surface area contributed by atoms with Crippen LogP contribution in [0.1, 0.15) is 16.1 Å². The van der Waals surface area contributed by atoms with E-state index in [1.165, 1.54) is 11.3 Å². The molecule has 1 amide bonds. The van der Waals surface area contributed by atoms with Gasteiger partial charge >= 0.3 is 0 Å². The van der Waals surface area contributed by atoms with Gasteiger partial charge in [-0.15, -0.1) is 11.3 Å². The summed E-state index contributed by atoms with van der Waals surface area (Å²) < 4.78 is 32.0. The van der Waals surface area contributed by atoms with Gasteiger partial charge in [0.05, 0.1) is 27.2 Å². The summed E-state index contributed by atoms with van der Waals surface area (Å²) in [7, 11) is 0. The van der Waals surface area contributed by atoms with E-state index < -0.39 is 17.5 Å². The molecule has 4 aromatic rings. The summed E-state index contributed by atoms with van der Waals surface area (Å²) in [5, 5.41) is 8.72. The number of hydrogen-bond donors (Lipinski definition) is 1. The average Bonchev–Trinajstić information content (AvgIpc) is 3.23. The molecule has 0 saturated heterocycles. The van der Waals surface area contributed by atoms with Gasteiger partial charge < -0.3 is 9.84 Å². The Morgan fingerprint density at radius 2 is 1.96 bits per heavy atom. The smallest absolute Gasteiger partial charge is 0.259 e. The molecule has 0 spiro atoms. The Hall–Kier alpha value is -3.13. The maximum atomic E-state index is 13.4. The Labute approximate surface area is 150 Å². The first-order valence-electron chi connectivity index (χ1n) is 7.59. The summed E-state index contributed by atoms with van der Waals surface area (Å²) in [5.74, 6) is -2.09. The molecule has 3 aromatic heterocycles. The van der Waals surface area contributed by atoms with Gasteiger partial charge in [0, 0.05) is 11.8 Å². The topological polar surface area (TPSA) is 68.0 Å². The molecule has 5 nitrogen and oxygen atoms in total. The van der Waals surface area contributed by atoms with Gasteiger partial charge in [-0.1, -0.05) is 11.2 Å². The van der Waals surface area contributed by atoms with Crippen molar-refractivity contribution >= 4 is 34.0 Å². The number of aryl methyl sites for hydroxylation is 1. The fraction of sp³-hybridized carbons (Fsp3) is 0.0556. The van der Waals surface area contributed by atoms with Crippen LogP contribution >= 0.6 is 11.3 Å². The molecule has 0 aliphatic rings. The second-order valence-electron chi connectivity index (χ2n) is 5.59. The number of aromatic nitrogens is 2. The van der Waals surface area contributed by atoms with E-state index in [-0.39, 0.29) is 17.0 Å². The first-order valence-corrected chi connectivity index (χ1v) is 8.47. The van der Waals surface area contributed by atoms with Crippen LogP contribution in [0.25, 0.3) is 21.7 Å². The van der Waals surface area contributed by atoms with Crippen molar-refractivity contribution in [1.29, 1.82) is 0 Å². The molecule has 4 rings (SSSR count). The second kappa shape index (κ2) is 6.30. The van der Waals surface area contributed by atoms with Gasteiger partial charge in [0.25, 0.3) is 11.6 Å². The predicted octanol–water partition coefficient (Wildman–Crippen LogP) is 4.79. The summed E-state index contributed by atoms with van der Waals surface area (Å²) in [5.41, 5.74) is 1.56. The Morgan fingerprint density at radius 1 is 1.19 bits per heavy atom. The van der Waals surface area contributed by atoms with E-state index in [1.807, 2.05) is 17.5 Å². The molecule has 0 atom stereocenters. The highest BCUT2D eigenvalue weighted by molar-refractivity contribution is 7.13. The first kappa shape index (κ1) is 16.3. The number of fused-ring (bicyclic) bond motifs is 1. The standard InChI is InChI=1S/C18H11F2N3O2S/c1-9-16-13(17(24)21-12-6-10(19)5-11(20)7-12)8-14(15-3-2-4-26-15)22-18(16)25-23-9/h2-8H,1H3,(H,21,24). The van der Waals surface area contributed by atoms with Crippen molar-refractivity contribution in [2.24, 2.45) is 0 Å². The van der Waals surface area contributed by atoms with Crippen molar-refractivity contribution in [2.45, 2.75) is 6.92 Å². The minimum Gasteiger partial charge on any atom is -0.335 e. The highest BCUT2D eigenvalue weighted by Crippen LogP contribution is 2.30. The number of halogens is 2. The molecule has 1 aromatic carbocycles. The van der Waals surface area contributed by atoms with Crippen LogP contribution < -0.4 is 5.32 Å². The number of carbonyl (C=O) groups is 1. The third-order valence-electron chi connectivity index (χ3n) is 3.76. The van der Waals surface area contributed by atoms with E-state index in [9.17, 15) is 13.6 Å². The number of carbonyl (C=O) groups excluding carboxylic acids is 1. The molecule has 3 heterocycles. The molecular weight excluding hydrogens is 360 g/mol. The van der Waals surface area contributed by atoms with Crippen LogP contribution in [0.2, 0.25) is 0 Å². The number of pyridine rings is 1. The number of nitrogens with zero attached hydrogens (tertiary/aromatic N) is 2. The van der Waals surface area contributed by atoms with Gasteiger partial charge in [-0.25, -0.2) is 13.8 Å². The number of rotatable bonds is 3. The second-order valence-corrected chi connectivity index (χ2v) is 6.54. The van der Waals surface area contributed by atoms with Crippen molar-refractivity contribution in [3.63, 3.8) is 0 Å². The van der Waals surface area contributed by atoms with Gasteiger partial charge in [0.1, 0.15) is 11.6 Å². The lowest BCUT2D eigenvalue weighted by Gasteiger charge is -2.08. The molecule has 0 saturated carbocycles. The van der Waals surface area contributed by atoms with Crippen molar-refractivity contribution in [3.05, 3.63) is 64.7 Å². The SMILES string of the molecule is Cc1noc2nc(-c3cccs3)cc(C(=O)Nc3cc(F)cc(F)c3)c12. The lowest BCUT2D eigenvalue weighted by molar-refractivity contribution is 0.102. The molecule has 26 heavy (non-hydrogen) atoms. The fourth-order valence-corrected chi connectivity index (χ4v) is 3.33. The zero-order valence-corrected chi connectivity index (χ0v) is 14.2. The summed E-state index contributed by atoms with van der Waals surface area (Å²) in [6, 6.07) is 8.17. The van der Waals surface area contributed by atoms with Crippen molar-refractivity contribution in [2.75, 3.05) is 5.32 Å². The first-order chi connectivity index (χ1) is 12.5. The lowest BCUT2D eigenvalue weighted by Crippen LogP contribution is -2.13. The van der Waals surface area contributed by atoms with Crippen LogP contribution in [0.15, 0.2) is 46.3 Å². The quantitative estimate of drug-likeness (QED) is 0.562. The van der Waals surface area contributed by atoms with Crippen LogP contribution in [0.3, 0.4) is 0 Å². The van der Waals surface area contributed by atoms with Crippen molar-refractivity contribution in [3.8, 4) is 10.6 Å². The van der Waals surface area contributed by atoms with E-state index >= 15 is 0 Å². The highest BCUT2D eigenvalue weighted by atomic mass is 32.1. The Morgan fingerprint density at radius 3 is 2.65 bits per heavy atom. The molecule has 0 aliphatic carbocycles. The van der Waals surface area contributed by atoms with Crippen molar-refractivity contribution < 1.29 is 18.1 Å². The molecule has 130 valence electrons. The number of amides is 1. The minimum atomic E-state index is -0.777. The molecular formula is C18H11F2N3O2S. The molecule has 0 radical (unpaired) electrons. The van der Waals surface area contributed by atoms with Gasteiger partial charge in [-0.05, 0) is 36.6 Å². The zero-order valence-electron chi connectivity index (χ0n) is 13.4. The van der Waals surface area contributed by atoms with Crippen LogP contribution in [0.4, 0.5) is 14.5 Å². The van der Waals surface area contributed by atoms with E-state index in [4.69, 9.17) is 4.52 Å². The maximum absolute atomic E-state index is 13.4. The van der Waals surface area contributed by atoms with Crippen molar-refractivity contribution in [1.82, 2.24) is 10.1 Å². The highest BCUT2D eigenvalue weighted by Gasteiger charge is 2.20. The average molecular weight is 371 g/mol. The predicted molar refractivity (Wildman–Crippen MR) is 94.2 cm³/mol. The van der Waals surface area contributed by atoms with Gasteiger partial charge in [0.2, 0.25) is 0 Å². The van der Waals surface area contributed by atoms with Gasteiger partial charge in [0.15, 0.2) is 0 Å². The molecule has 0 bridgehead atoms. The zero-order chi connectivity index (χ0) is 18.3. The molecule has 0 unspecified atom stereocenters. The van der Waals surface area contributed by atoms with Crippen LogP contribution in [-0.2, 0) is 0 Å². The number of thiophene rings is 1. The third-order valence-corrected chi connectivity index (χ3v) is 4.65. The molecule has 1 N–H and O–H groups in total. The van der Waals surface area contributed by atoms with E-state index in [2.05, 4.69) is 15.5 Å².